The molecule has 1 amide bonds. The van der Waals surface area contributed by atoms with Crippen LogP contribution in [0.4, 0.5) is 0 Å². The SMILES string of the molecule is CCC(NC(=O)/C(C#N)=C\NCC(C)O)c1ccc2c(c1)CCCC2. The lowest BCUT2D eigenvalue weighted by Gasteiger charge is -2.21. The summed E-state index contributed by atoms with van der Waals surface area (Å²) >= 11 is 0. The molecule has 0 aromatic heterocycles. The molecule has 0 bridgehead atoms. The first-order valence-corrected chi connectivity index (χ1v) is 8.99. The average Bonchev–Trinajstić information content (AvgIpc) is 2.62. The zero-order valence-electron chi connectivity index (χ0n) is 15.0. The predicted octanol–water partition coefficient (Wildman–Crippen LogP) is 2.51. The van der Waals surface area contributed by atoms with Gasteiger partial charge in [0.25, 0.3) is 5.91 Å². The number of nitrogens with one attached hydrogen (secondary N) is 2. The number of carbonyl (C=O) groups is 1. The molecule has 0 heterocycles. The Morgan fingerprint density at radius 1 is 1.36 bits per heavy atom. The Balaban J connectivity index is 2.07. The van der Waals surface area contributed by atoms with Gasteiger partial charge in [0, 0.05) is 12.7 Å². The van der Waals surface area contributed by atoms with Crippen LogP contribution < -0.4 is 10.6 Å². The van der Waals surface area contributed by atoms with Crippen LogP contribution in [0, 0.1) is 11.3 Å². The summed E-state index contributed by atoms with van der Waals surface area (Å²) in [5, 5.41) is 24.2. The van der Waals surface area contributed by atoms with Gasteiger partial charge in [0.15, 0.2) is 0 Å². The molecule has 3 N–H and O–H groups in total. The summed E-state index contributed by atoms with van der Waals surface area (Å²) < 4.78 is 0. The number of rotatable bonds is 7. The quantitative estimate of drug-likeness (QED) is 0.525. The summed E-state index contributed by atoms with van der Waals surface area (Å²) in [5.41, 5.74) is 3.89. The number of amides is 1. The molecule has 0 spiro atoms. The molecule has 5 nitrogen and oxygen atoms in total. The average molecular weight is 341 g/mol. The molecule has 0 radical (unpaired) electrons. The van der Waals surface area contributed by atoms with E-state index in [1.54, 1.807) is 6.92 Å². The largest absolute Gasteiger partial charge is 0.392 e. The lowest BCUT2D eigenvalue weighted by molar-refractivity contribution is -0.117. The standard InChI is InChI=1S/C20H27N3O2/c1-3-19(17-9-8-15-6-4-5-7-16(15)10-17)23-20(25)18(11-21)13-22-12-14(2)24/h8-10,13-14,19,22,24H,3-7,12H2,1-2H3,(H,23,25)/b18-13-. The molecule has 1 aromatic carbocycles. The second-order valence-corrected chi connectivity index (χ2v) is 6.60. The van der Waals surface area contributed by atoms with Crippen molar-refractivity contribution in [3.05, 3.63) is 46.7 Å². The Hall–Kier alpha value is -2.32. The fourth-order valence-corrected chi connectivity index (χ4v) is 3.11. The third-order valence-electron chi connectivity index (χ3n) is 4.51. The first kappa shape index (κ1) is 19.0. The maximum absolute atomic E-state index is 12.4. The molecule has 134 valence electrons. The van der Waals surface area contributed by atoms with Gasteiger partial charge in [-0.1, -0.05) is 25.1 Å². The van der Waals surface area contributed by atoms with Crippen LogP contribution in [0.5, 0.6) is 0 Å². The van der Waals surface area contributed by atoms with Gasteiger partial charge in [0.2, 0.25) is 0 Å². The van der Waals surface area contributed by atoms with Gasteiger partial charge in [-0.2, -0.15) is 5.26 Å². The first-order valence-electron chi connectivity index (χ1n) is 8.99. The molecule has 0 saturated carbocycles. The summed E-state index contributed by atoms with van der Waals surface area (Å²) in [5.74, 6) is -0.398. The van der Waals surface area contributed by atoms with Crippen molar-refractivity contribution < 1.29 is 9.90 Å². The molecule has 5 heteroatoms. The number of nitriles is 1. The van der Waals surface area contributed by atoms with Crippen molar-refractivity contribution in [1.29, 1.82) is 5.26 Å². The minimum Gasteiger partial charge on any atom is -0.392 e. The molecule has 2 unspecified atom stereocenters. The zero-order chi connectivity index (χ0) is 18.2. The van der Waals surface area contributed by atoms with Gasteiger partial charge in [-0.3, -0.25) is 4.79 Å². The van der Waals surface area contributed by atoms with Crippen LogP contribution >= 0.6 is 0 Å². The summed E-state index contributed by atoms with van der Waals surface area (Å²) in [6.45, 7) is 3.95. The summed E-state index contributed by atoms with van der Waals surface area (Å²) in [6.07, 6.45) is 6.27. The molecule has 25 heavy (non-hydrogen) atoms. The molecular weight excluding hydrogens is 314 g/mol. The van der Waals surface area contributed by atoms with E-state index in [1.165, 1.54) is 30.2 Å². The van der Waals surface area contributed by atoms with Gasteiger partial charge in [0.05, 0.1) is 12.1 Å². The lowest BCUT2D eigenvalue weighted by atomic mass is 9.88. The number of benzene rings is 1. The molecule has 1 aliphatic rings. The number of aryl methyl sites for hydroxylation is 2. The van der Waals surface area contributed by atoms with Gasteiger partial charge >= 0.3 is 0 Å². The van der Waals surface area contributed by atoms with Crippen LogP contribution in [-0.4, -0.2) is 23.7 Å². The van der Waals surface area contributed by atoms with E-state index in [9.17, 15) is 15.2 Å². The molecule has 1 aliphatic carbocycles. The number of aliphatic hydroxyl groups is 1. The number of carbonyl (C=O) groups excluding carboxylic acids is 1. The van der Waals surface area contributed by atoms with E-state index in [2.05, 4.69) is 28.8 Å². The number of hydrogen-bond donors (Lipinski definition) is 3. The van der Waals surface area contributed by atoms with Crippen molar-refractivity contribution in [1.82, 2.24) is 10.6 Å². The predicted molar refractivity (Wildman–Crippen MR) is 97.6 cm³/mol. The van der Waals surface area contributed by atoms with E-state index < -0.39 is 12.0 Å². The van der Waals surface area contributed by atoms with Gasteiger partial charge in [0.1, 0.15) is 11.6 Å². The highest BCUT2D eigenvalue weighted by Gasteiger charge is 2.18. The van der Waals surface area contributed by atoms with Crippen LogP contribution in [0.25, 0.3) is 0 Å². The third-order valence-corrected chi connectivity index (χ3v) is 4.51. The maximum Gasteiger partial charge on any atom is 0.263 e. The monoisotopic (exact) mass is 341 g/mol. The van der Waals surface area contributed by atoms with Crippen LogP contribution in [0.15, 0.2) is 30.0 Å². The third kappa shape index (κ3) is 5.33. The number of nitrogens with zero attached hydrogens (tertiary/aromatic N) is 1. The summed E-state index contributed by atoms with van der Waals surface area (Å²) in [6, 6.07) is 8.25. The van der Waals surface area contributed by atoms with Crippen molar-refractivity contribution in [2.75, 3.05) is 6.54 Å². The maximum atomic E-state index is 12.4. The van der Waals surface area contributed by atoms with Crippen molar-refractivity contribution in [3.63, 3.8) is 0 Å². The Labute approximate surface area is 149 Å². The minimum absolute atomic E-state index is 0.0112. The van der Waals surface area contributed by atoms with Crippen LogP contribution in [0.3, 0.4) is 0 Å². The van der Waals surface area contributed by atoms with E-state index in [0.29, 0.717) is 6.54 Å². The topological polar surface area (TPSA) is 85.2 Å². The highest BCUT2D eigenvalue weighted by atomic mass is 16.3. The normalized spacial score (nSPS) is 16.3. The smallest absolute Gasteiger partial charge is 0.263 e. The van der Waals surface area contributed by atoms with Gasteiger partial charge < -0.3 is 15.7 Å². The Bertz CT molecular complexity index is 674. The number of aliphatic hydroxyl groups excluding tert-OH is 1. The number of fused-ring (bicyclic) bond motifs is 1. The van der Waals surface area contributed by atoms with E-state index in [4.69, 9.17) is 0 Å². The summed E-state index contributed by atoms with van der Waals surface area (Å²) in [4.78, 5) is 12.4. The van der Waals surface area contributed by atoms with Crippen molar-refractivity contribution in [3.8, 4) is 6.07 Å². The van der Waals surface area contributed by atoms with Gasteiger partial charge in [-0.15, -0.1) is 0 Å². The highest BCUT2D eigenvalue weighted by Crippen LogP contribution is 2.26. The van der Waals surface area contributed by atoms with E-state index in [0.717, 1.165) is 24.8 Å². The molecule has 1 aromatic rings. The van der Waals surface area contributed by atoms with E-state index >= 15 is 0 Å². The lowest BCUT2D eigenvalue weighted by Crippen LogP contribution is -2.30. The van der Waals surface area contributed by atoms with Crippen LogP contribution in [-0.2, 0) is 17.6 Å². The fraction of sp³-hybridized carbons (Fsp3) is 0.500. The fourth-order valence-electron chi connectivity index (χ4n) is 3.11. The molecule has 0 fully saturated rings. The summed E-state index contributed by atoms with van der Waals surface area (Å²) in [7, 11) is 0. The molecular formula is C20H27N3O2. The molecule has 2 atom stereocenters. The Kier molecular flexibility index (Phi) is 7.03. The van der Waals surface area contributed by atoms with Crippen molar-refractivity contribution in [2.24, 2.45) is 0 Å². The zero-order valence-corrected chi connectivity index (χ0v) is 15.0. The molecule has 0 saturated heterocycles. The van der Waals surface area contributed by atoms with Crippen LogP contribution in [0.1, 0.15) is 55.8 Å². The van der Waals surface area contributed by atoms with Crippen LogP contribution in [0.2, 0.25) is 0 Å². The number of hydrogen-bond acceptors (Lipinski definition) is 4. The molecule has 2 rings (SSSR count). The Morgan fingerprint density at radius 2 is 2.08 bits per heavy atom. The Morgan fingerprint density at radius 3 is 2.72 bits per heavy atom. The van der Waals surface area contributed by atoms with Crippen molar-refractivity contribution >= 4 is 5.91 Å². The van der Waals surface area contributed by atoms with Gasteiger partial charge in [-0.25, -0.2) is 0 Å². The first-order chi connectivity index (χ1) is 12.0. The second kappa shape index (κ2) is 9.24. The molecule has 0 aliphatic heterocycles. The highest BCUT2D eigenvalue weighted by molar-refractivity contribution is 5.97. The second-order valence-electron chi connectivity index (χ2n) is 6.60. The van der Waals surface area contributed by atoms with E-state index in [1.807, 2.05) is 13.0 Å². The van der Waals surface area contributed by atoms with Crippen molar-refractivity contribution in [2.45, 2.75) is 58.1 Å². The van der Waals surface area contributed by atoms with Gasteiger partial charge in [-0.05, 0) is 55.7 Å². The minimum atomic E-state index is -0.543. The van der Waals surface area contributed by atoms with E-state index in [-0.39, 0.29) is 11.6 Å².